The zero-order valence-corrected chi connectivity index (χ0v) is 19.1. The van der Waals surface area contributed by atoms with E-state index < -0.39 is 12.0 Å². The topological polar surface area (TPSA) is 80.1 Å². The minimum Gasteiger partial charge on any atom is -0.475 e. The van der Waals surface area contributed by atoms with Crippen LogP contribution in [0.1, 0.15) is 45.1 Å². The molecule has 1 saturated heterocycles. The molecule has 2 aromatic heterocycles. The van der Waals surface area contributed by atoms with Crippen molar-refractivity contribution in [1.82, 2.24) is 24.6 Å². The van der Waals surface area contributed by atoms with Crippen LogP contribution < -0.4 is 15.4 Å². The lowest BCUT2D eigenvalue weighted by Crippen LogP contribution is -2.54. The third kappa shape index (κ3) is 4.08. The molecule has 1 saturated carbocycles. The highest BCUT2D eigenvalue weighted by molar-refractivity contribution is 6.33. The molecule has 2 aliphatic heterocycles. The second kappa shape index (κ2) is 8.46. The van der Waals surface area contributed by atoms with Gasteiger partial charge in [-0.1, -0.05) is 29.6 Å². The van der Waals surface area contributed by atoms with Crippen molar-refractivity contribution in [1.29, 1.82) is 0 Å². The molecule has 2 fully saturated rings. The third-order valence-corrected chi connectivity index (χ3v) is 7.09. The molecule has 12 heteroatoms. The van der Waals surface area contributed by atoms with E-state index in [1.54, 1.807) is 0 Å². The largest absolute Gasteiger partial charge is 0.475 e. The van der Waals surface area contributed by atoms with Gasteiger partial charge in [-0.05, 0) is 26.2 Å². The molecule has 2 bridgehead atoms. The highest BCUT2D eigenvalue weighted by Gasteiger charge is 2.49. The lowest BCUT2D eigenvalue weighted by molar-refractivity contribution is -0.122. The number of nitrogens with one attached hydrogen (secondary N) is 2. The Morgan fingerprint density at radius 2 is 2.03 bits per heavy atom. The summed E-state index contributed by atoms with van der Waals surface area (Å²) in [6.45, 7) is 2.58. The molecular weight excluding hydrogens is 463 g/mol. The Hall–Kier alpha value is -1.91. The van der Waals surface area contributed by atoms with E-state index in [0.29, 0.717) is 30.4 Å². The Kier molecular flexibility index (Phi) is 5.79. The molecule has 2 unspecified atom stereocenters. The molecular formula is C20H25Cl2F2N7O. The summed E-state index contributed by atoms with van der Waals surface area (Å²) in [7, 11) is 0. The molecule has 0 aromatic carbocycles. The van der Waals surface area contributed by atoms with Gasteiger partial charge in [-0.25, -0.2) is 18.4 Å². The normalized spacial score (nSPS) is 26.0. The van der Waals surface area contributed by atoms with Gasteiger partial charge in [-0.2, -0.15) is 4.98 Å². The van der Waals surface area contributed by atoms with Crippen molar-refractivity contribution < 1.29 is 13.5 Å². The second-order valence-electron chi connectivity index (χ2n) is 8.73. The van der Waals surface area contributed by atoms with Crippen LogP contribution >= 0.6 is 23.2 Å². The SMILES string of the molecule is CC1CCOc2nn(C3CCN(C4CCC4)CC3(F)F)c(Cl)c2Nc2ncc(Cl)c(n2)N1. The Morgan fingerprint density at radius 3 is 2.75 bits per heavy atom. The molecule has 3 aliphatic rings. The number of halogens is 4. The van der Waals surface area contributed by atoms with Crippen LogP contribution in [0.5, 0.6) is 5.88 Å². The number of ether oxygens (including phenoxy) is 1. The van der Waals surface area contributed by atoms with E-state index in [-0.39, 0.29) is 47.7 Å². The van der Waals surface area contributed by atoms with Crippen LogP contribution in [0, 0.1) is 0 Å². The molecule has 8 nitrogen and oxygen atoms in total. The number of hydrogen-bond donors (Lipinski definition) is 2. The van der Waals surface area contributed by atoms with Crippen molar-refractivity contribution in [2.75, 3.05) is 30.3 Å². The minimum atomic E-state index is -2.97. The summed E-state index contributed by atoms with van der Waals surface area (Å²) >= 11 is 12.8. The van der Waals surface area contributed by atoms with E-state index in [9.17, 15) is 0 Å². The van der Waals surface area contributed by atoms with Gasteiger partial charge in [0.25, 0.3) is 11.8 Å². The summed E-state index contributed by atoms with van der Waals surface area (Å²) in [6, 6.07) is -0.877. The summed E-state index contributed by atoms with van der Waals surface area (Å²) in [5.74, 6) is -2.13. The number of piperidine rings is 1. The summed E-state index contributed by atoms with van der Waals surface area (Å²) in [5, 5.41) is 11.0. The maximum Gasteiger partial charge on any atom is 0.282 e. The van der Waals surface area contributed by atoms with Crippen LogP contribution in [0.15, 0.2) is 6.20 Å². The van der Waals surface area contributed by atoms with E-state index in [1.807, 2.05) is 11.8 Å². The highest BCUT2D eigenvalue weighted by atomic mass is 35.5. The van der Waals surface area contributed by atoms with Gasteiger partial charge in [0, 0.05) is 25.0 Å². The Balaban J connectivity index is 1.46. The average molecular weight is 488 g/mol. The van der Waals surface area contributed by atoms with Gasteiger partial charge < -0.3 is 15.4 Å². The lowest BCUT2D eigenvalue weighted by Gasteiger charge is -2.45. The molecule has 5 rings (SSSR count). The van der Waals surface area contributed by atoms with E-state index in [1.165, 1.54) is 10.9 Å². The zero-order chi connectivity index (χ0) is 22.5. The van der Waals surface area contributed by atoms with Crippen molar-refractivity contribution in [3.05, 3.63) is 16.4 Å². The zero-order valence-electron chi connectivity index (χ0n) is 17.6. The van der Waals surface area contributed by atoms with Crippen LogP contribution in [0.3, 0.4) is 0 Å². The molecule has 32 heavy (non-hydrogen) atoms. The van der Waals surface area contributed by atoms with Crippen LogP contribution in [-0.4, -0.2) is 62.4 Å². The van der Waals surface area contributed by atoms with Gasteiger partial charge in [-0.15, -0.1) is 5.10 Å². The van der Waals surface area contributed by atoms with E-state index >= 15 is 8.78 Å². The molecule has 4 heterocycles. The number of nitrogens with zero attached hydrogens (tertiary/aromatic N) is 5. The van der Waals surface area contributed by atoms with E-state index in [4.69, 9.17) is 27.9 Å². The van der Waals surface area contributed by atoms with Crippen LogP contribution in [-0.2, 0) is 0 Å². The molecule has 1 aliphatic carbocycles. The first kappa shape index (κ1) is 21.9. The summed E-state index contributed by atoms with van der Waals surface area (Å²) in [6.07, 6.45) is 5.44. The lowest BCUT2D eigenvalue weighted by atomic mass is 9.88. The highest BCUT2D eigenvalue weighted by Crippen LogP contribution is 2.44. The van der Waals surface area contributed by atoms with Gasteiger partial charge in [0.15, 0.2) is 11.0 Å². The molecule has 2 N–H and O–H groups in total. The average Bonchev–Trinajstić information content (AvgIpc) is 2.96. The van der Waals surface area contributed by atoms with E-state index in [2.05, 4.69) is 25.7 Å². The van der Waals surface area contributed by atoms with Crippen LogP contribution in [0.4, 0.5) is 26.2 Å². The number of likely N-dealkylation sites (tertiary alicyclic amines) is 1. The molecule has 0 radical (unpaired) electrons. The number of alkyl halides is 2. The first-order chi connectivity index (χ1) is 15.3. The predicted octanol–water partition coefficient (Wildman–Crippen LogP) is 4.74. The first-order valence-corrected chi connectivity index (χ1v) is 11.7. The summed E-state index contributed by atoms with van der Waals surface area (Å²) in [5.41, 5.74) is 0.270. The number of fused-ring (bicyclic) bond motifs is 3. The van der Waals surface area contributed by atoms with Gasteiger partial charge in [0.1, 0.15) is 16.8 Å². The predicted molar refractivity (Wildman–Crippen MR) is 119 cm³/mol. The van der Waals surface area contributed by atoms with Crippen LogP contribution in [0.2, 0.25) is 10.2 Å². The molecule has 0 amide bonds. The van der Waals surface area contributed by atoms with Crippen molar-refractivity contribution >= 4 is 40.7 Å². The number of anilines is 3. The maximum absolute atomic E-state index is 15.2. The molecule has 174 valence electrons. The summed E-state index contributed by atoms with van der Waals surface area (Å²) < 4.78 is 37.5. The van der Waals surface area contributed by atoms with Crippen molar-refractivity contribution in [3.63, 3.8) is 0 Å². The monoisotopic (exact) mass is 487 g/mol. The second-order valence-corrected chi connectivity index (χ2v) is 9.50. The van der Waals surface area contributed by atoms with Gasteiger partial charge in [0.2, 0.25) is 5.95 Å². The fourth-order valence-electron chi connectivity index (χ4n) is 4.40. The first-order valence-electron chi connectivity index (χ1n) is 10.9. The Labute approximate surface area is 194 Å². The molecule has 2 aromatic rings. The number of aromatic nitrogens is 4. The fraction of sp³-hybridized carbons (Fsp3) is 0.650. The van der Waals surface area contributed by atoms with Crippen molar-refractivity contribution in [2.24, 2.45) is 0 Å². The Morgan fingerprint density at radius 1 is 1.22 bits per heavy atom. The van der Waals surface area contributed by atoms with Crippen molar-refractivity contribution in [2.45, 2.75) is 63.1 Å². The molecule has 2 atom stereocenters. The van der Waals surface area contributed by atoms with Crippen molar-refractivity contribution in [3.8, 4) is 5.88 Å². The summed E-state index contributed by atoms with van der Waals surface area (Å²) in [4.78, 5) is 10.5. The maximum atomic E-state index is 15.2. The molecule has 0 spiro atoms. The quantitative estimate of drug-likeness (QED) is 0.632. The number of hydrogen-bond acceptors (Lipinski definition) is 7. The fourth-order valence-corrected chi connectivity index (χ4v) is 4.83. The van der Waals surface area contributed by atoms with Crippen LogP contribution in [0.25, 0.3) is 0 Å². The van der Waals surface area contributed by atoms with Gasteiger partial charge >= 0.3 is 0 Å². The Bertz CT molecular complexity index is 1000. The minimum absolute atomic E-state index is 0.00882. The van der Waals surface area contributed by atoms with Gasteiger partial charge in [0.05, 0.1) is 19.3 Å². The van der Waals surface area contributed by atoms with E-state index in [0.717, 1.165) is 19.3 Å². The smallest absolute Gasteiger partial charge is 0.282 e. The third-order valence-electron chi connectivity index (χ3n) is 6.45. The number of rotatable bonds is 2. The van der Waals surface area contributed by atoms with Gasteiger partial charge in [-0.3, -0.25) is 4.90 Å². The standard InChI is InChI=1S/C20H25Cl2F2N7O/c1-11-6-8-32-18-15(27-19-25-9-13(21)17(26-11)28-19)16(22)31(29-18)14-5-7-30(10-20(14,23)24)12-3-2-4-12/h9,11-12,14H,2-8,10H2,1H3,(H2,25,26,27,28).